The third kappa shape index (κ3) is 2.80. The van der Waals surface area contributed by atoms with Crippen LogP contribution in [0.5, 0.6) is 0 Å². The van der Waals surface area contributed by atoms with E-state index in [0.29, 0.717) is 5.92 Å². The van der Waals surface area contributed by atoms with Crippen LogP contribution in [0, 0.1) is 0 Å². The SMILES string of the molecule is C=CC1=C(CCC)CN(c2cc3[nH]c(C(C)C)cc3cc2Cl)C1=C. The minimum atomic E-state index is 0.464. The fourth-order valence-corrected chi connectivity index (χ4v) is 3.69. The number of nitrogens with one attached hydrogen (secondary N) is 1. The van der Waals surface area contributed by atoms with Gasteiger partial charge >= 0.3 is 0 Å². The van der Waals surface area contributed by atoms with E-state index in [1.54, 1.807) is 0 Å². The van der Waals surface area contributed by atoms with Crippen LogP contribution in [0.2, 0.25) is 5.02 Å². The number of nitrogens with zero attached hydrogens (tertiary/aromatic N) is 1. The molecule has 2 heterocycles. The van der Waals surface area contributed by atoms with Crippen molar-refractivity contribution >= 4 is 28.2 Å². The van der Waals surface area contributed by atoms with Crippen molar-refractivity contribution in [2.24, 2.45) is 0 Å². The average molecular weight is 341 g/mol. The largest absolute Gasteiger partial charge is 0.358 e. The highest BCUT2D eigenvalue weighted by molar-refractivity contribution is 6.34. The van der Waals surface area contributed by atoms with Gasteiger partial charge in [0.2, 0.25) is 0 Å². The van der Waals surface area contributed by atoms with Crippen molar-refractivity contribution in [3.05, 3.63) is 65.0 Å². The maximum atomic E-state index is 6.61. The molecular formula is C21H25ClN2. The van der Waals surface area contributed by atoms with E-state index in [0.717, 1.165) is 46.7 Å². The minimum absolute atomic E-state index is 0.464. The third-order valence-corrected chi connectivity index (χ3v) is 5.05. The predicted octanol–water partition coefficient (Wildman–Crippen LogP) is 6.56. The molecule has 1 aliphatic rings. The van der Waals surface area contributed by atoms with E-state index in [-0.39, 0.29) is 0 Å². The van der Waals surface area contributed by atoms with E-state index in [9.17, 15) is 0 Å². The molecule has 0 amide bonds. The van der Waals surface area contributed by atoms with Crippen LogP contribution in [-0.4, -0.2) is 11.5 Å². The average Bonchev–Trinajstić information content (AvgIpc) is 3.08. The first-order valence-electron chi connectivity index (χ1n) is 8.59. The van der Waals surface area contributed by atoms with Crippen molar-refractivity contribution < 1.29 is 0 Å². The molecule has 1 aromatic heterocycles. The van der Waals surface area contributed by atoms with Crippen LogP contribution in [0.25, 0.3) is 10.9 Å². The number of H-pyrrole nitrogens is 1. The van der Waals surface area contributed by atoms with E-state index in [2.05, 4.69) is 55.9 Å². The summed E-state index contributed by atoms with van der Waals surface area (Å²) in [5.74, 6) is 0.464. The highest BCUT2D eigenvalue weighted by atomic mass is 35.5. The second-order valence-corrected chi connectivity index (χ2v) is 7.18. The lowest BCUT2D eigenvalue weighted by Crippen LogP contribution is -2.18. The Morgan fingerprint density at radius 2 is 2.08 bits per heavy atom. The molecular weight excluding hydrogens is 316 g/mol. The van der Waals surface area contributed by atoms with Crippen LogP contribution in [-0.2, 0) is 0 Å². The van der Waals surface area contributed by atoms with Gasteiger partial charge < -0.3 is 9.88 Å². The van der Waals surface area contributed by atoms with E-state index >= 15 is 0 Å². The van der Waals surface area contributed by atoms with Crippen molar-refractivity contribution in [1.29, 1.82) is 0 Å². The van der Waals surface area contributed by atoms with Gasteiger partial charge in [0.1, 0.15) is 0 Å². The topological polar surface area (TPSA) is 19.0 Å². The zero-order chi connectivity index (χ0) is 17.4. The molecule has 24 heavy (non-hydrogen) atoms. The Kier molecular flexibility index (Phi) is 4.60. The van der Waals surface area contributed by atoms with Gasteiger partial charge in [-0.3, -0.25) is 0 Å². The number of anilines is 1. The fourth-order valence-electron chi connectivity index (χ4n) is 3.41. The van der Waals surface area contributed by atoms with Gasteiger partial charge in [0.05, 0.1) is 10.7 Å². The van der Waals surface area contributed by atoms with Gasteiger partial charge in [0, 0.05) is 28.8 Å². The second kappa shape index (κ2) is 6.52. The normalized spacial score (nSPS) is 15.2. The summed E-state index contributed by atoms with van der Waals surface area (Å²) in [6.45, 7) is 15.7. The van der Waals surface area contributed by atoms with Crippen molar-refractivity contribution in [1.82, 2.24) is 4.98 Å². The molecule has 1 aromatic carbocycles. The van der Waals surface area contributed by atoms with E-state index in [1.807, 2.05) is 12.1 Å². The molecule has 3 heteroatoms. The molecule has 0 atom stereocenters. The van der Waals surface area contributed by atoms with Gasteiger partial charge in [0.15, 0.2) is 0 Å². The van der Waals surface area contributed by atoms with Crippen LogP contribution in [0.1, 0.15) is 45.2 Å². The molecule has 0 aliphatic carbocycles. The number of hydrogen-bond acceptors (Lipinski definition) is 1. The number of allylic oxidation sites excluding steroid dienone is 1. The zero-order valence-corrected chi connectivity index (χ0v) is 15.5. The molecule has 1 N–H and O–H groups in total. The maximum absolute atomic E-state index is 6.61. The van der Waals surface area contributed by atoms with Crippen LogP contribution < -0.4 is 4.90 Å². The highest BCUT2D eigenvalue weighted by Gasteiger charge is 2.26. The monoisotopic (exact) mass is 340 g/mol. The van der Waals surface area contributed by atoms with E-state index in [1.165, 1.54) is 16.8 Å². The van der Waals surface area contributed by atoms with Crippen LogP contribution >= 0.6 is 11.6 Å². The summed E-state index contributed by atoms with van der Waals surface area (Å²) >= 11 is 6.61. The van der Waals surface area contributed by atoms with Gasteiger partial charge in [-0.15, -0.1) is 0 Å². The Bertz CT molecular complexity index is 839. The van der Waals surface area contributed by atoms with Crippen molar-refractivity contribution in [3.8, 4) is 0 Å². The Hall–Kier alpha value is -1.93. The first-order chi connectivity index (χ1) is 11.5. The first-order valence-corrected chi connectivity index (χ1v) is 8.97. The molecule has 0 spiro atoms. The van der Waals surface area contributed by atoms with Gasteiger partial charge in [-0.05, 0) is 41.7 Å². The van der Waals surface area contributed by atoms with Crippen LogP contribution in [0.15, 0.2) is 54.3 Å². The zero-order valence-electron chi connectivity index (χ0n) is 14.7. The number of aromatic nitrogens is 1. The standard InChI is InChI=1S/C21H25ClN2/c1-6-8-15-12-24(14(5)17(15)7-2)21-11-20-16(9-18(21)22)10-19(23-20)13(3)4/h7,9-11,13,23H,2,5-6,8,12H2,1,3-4H3. The molecule has 0 saturated heterocycles. The summed E-state index contributed by atoms with van der Waals surface area (Å²) in [4.78, 5) is 5.72. The number of hydrogen-bond donors (Lipinski definition) is 1. The Morgan fingerprint density at radius 1 is 1.33 bits per heavy atom. The van der Waals surface area contributed by atoms with E-state index in [4.69, 9.17) is 11.6 Å². The smallest absolute Gasteiger partial charge is 0.0650 e. The summed E-state index contributed by atoms with van der Waals surface area (Å²) in [7, 11) is 0. The summed E-state index contributed by atoms with van der Waals surface area (Å²) < 4.78 is 0. The molecule has 2 nitrogen and oxygen atoms in total. The molecule has 0 bridgehead atoms. The summed E-state index contributed by atoms with van der Waals surface area (Å²) in [5.41, 5.74) is 6.91. The van der Waals surface area contributed by atoms with Crippen LogP contribution in [0.3, 0.4) is 0 Å². The molecule has 0 unspecified atom stereocenters. The van der Waals surface area contributed by atoms with Gasteiger partial charge in [0.25, 0.3) is 0 Å². The van der Waals surface area contributed by atoms with Gasteiger partial charge in [-0.2, -0.15) is 0 Å². The van der Waals surface area contributed by atoms with Crippen molar-refractivity contribution in [3.63, 3.8) is 0 Å². The lowest BCUT2D eigenvalue weighted by Gasteiger charge is -2.22. The fraction of sp³-hybridized carbons (Fsp3) is 0.333. The van der Waals surface area contributed by atoms with Gasteiger partial charge in [-0.1, -0.05) is 58.0 Å². The number of benzene rings is 1. The van der Waals surface area contributed by atoms with E-state index < -0.39 is 0 Å². The quantitative estimate of drug-likeness (QED) is 0.652. The van der Waals surface area contributed by atoms with Crippen molar-refractivity contribution in [2.45, 2.75) is 39.5 Å². The third-order valence-electron chi connectivity index (χ3n) is 4.74. The molecule has 3 rings (SSSR count). The number of rotatable bonds is 5. The summed E-state index contributed by atoms with van der Waals surface area (Å²) in [5, 5.41) is 1.92. The molecule has 1 aliphatic heterocycles. The minimum Gasteiger partial charge on any atom is -0.358 e. The Morgan fingerprint density at radius 3 is 2.71 bits per heavy atom. The van der Waals surface area contributed by atoms with Crippen molar-refractivity contribution in [2.75, 3.05) is 11.4 Å². The van der Waals surface area contributed by atoms with Gasteiger partial charge in [-0.25, -0.2) is 0 Å². The maximum Gasteiger partial charge on any atom is 0.0650 e. The molecule has 0 radical (unpaired) electrons. The number of fused-ring (bicyclic) bond motifs is 1. The summed E-state index contributed by atoms with van der Waals surface area (Å²) in [6, 6.07) is 6.38. The molecule has 0 fully saturated rings. The molecule has 126 valence electrons. The van der Waals surface area contributed by atoms with Crippen LogP contribution in [0.4, 0.5) is 5.69 Å². The Balaban J connectivity index is 2.02. The molecule has 0 saturated carbocycles. The Labute approximate surface area is 149 Å². The summed E-state index contributed by atoms with van der Waals surface area (Å²) in [6.07, 6.45) is 4.11. The molecule has 2 aromatic rings. The highest BCUT2D eigenvalue weighted by Crippen LogP contribution is 2.40. The lowest BCUT2D eigenvalue weighted by atomic mass is 10.1. The number of halogens is 1. The number of aromatic amines is 1. The first kappa shape index (κ1) is 16.9. The lowest BCUT2D eigenvalue weighted by molar-refractivity contribution is 0.836. The predicted molar refractivity (Wildman–Crippen MR) is 106 cm³/mol. The second-order valence-electron chi connectivity index (χ2n) is 6.77.